The quantitative estimate of drug-likeness (QED) is 0.867. The Morgan fingerprint density at radius 2 is 2.33 bits per heavy atom. The summed E-state index contributed by atoms with van der Waals surface area (Å²) in [4.78, 5) is 15.9. The molecule has 0 aliphatic heterocycles. The molecule has 0 bridgehead atoms. The van der Waals surface area contributed by atoms with Gasteiger partial charge in [0.05, 0.1) is 5.01 Å². The van der Waals surface area contributed by atoms with E-state index in [0.29, 0.717) is 5.69 Å². The molecule has 0 aliphatic rings. The van der Waals surface area contributed by atoms with Crippen LogP contribution in [-0.2, 0) is 0 Å². The number of aryl methyl sites for hydroxylation is 1. The monoisotopic (exact) mass is 290 g/mol. The maximum absolute atomic E-state index is 11.8. The highest BCUT2D eigenvalue weighted by Crippen LogP contribution is 2.13. The minimum atomic E-state index is -0.196. The van der Waals surface area contributed by atoms with Gasteiger partial charge in [0.25, 0.3) is 5.91 Å². The molecule has 0 aromatic carbocycles. The van der Waals surface area contributed by atoms with Gasteiger partial charge in [-0.2, -0.15) is 0 Å². The van der Waals surface area contributed by atoms with Gasteiger partial charge in [-0.05, 0) is 27.2 Å². The fourth-order valence-electron chi connectivity index (χ4n) is 1.14. The number of hydrogen-bond donors (Lipinski definition) is 1. The summed E-state index contributed by atoms with van der Waals surface area (Å²) in [6.07, 6.45) is 0.891. The second-order valence-corrected chi connectivity index (χ2v) is 5.88. The molecule has 0 aliphatic carbocycles. The number of carbonyl (C=O) groups is 1. The van der Waals surface area contributed by atoms with Crippen LogP contribution in [0, 0.1) is 6.92 Å². The first-order valence-electron chi connectivity index (χ1n) is 4.75. The molecule has 1 N–H and O–H groups in total. The summed E-state index contributed by atoms with van der Waals surface area (Å²) in [5, 5.41) is 6.54. The Hall–Kier alpha value is -0.420. The number of hydrogen-bond acceptors (Lipinski definition) is 3. The summed E-state index contributed by atoms with van der Waals surface area (Å²) < 4.78 is 0. The highest BCUT2D eigenvalue weighted by Gasteiger charge is 2.21. The minimum Gasteiger partial charge on any atom is -0.346 e. The maximum atomic E-state index is 11.8. The predicted molar refractivity (Wildman–Crippen MR) is 66.8 cm³/mol. The van der Waals surface area contributed by atoms with E-state index in [1.807, 2.05) is 20.8 Å². The molecule has 0 fully saturated rings. The van der Waals surface area contributed by atoms with Crippen LogP contribution in [0.25, 0.3) is 0 Å². The van der Waals surface area contributed by atoms with Gasteiger partial charge in [-0.1, -0.05) is 15.9 Å². The van der Waals surface area contributed by atoms with E-state index in [-0.39, 0.29) is 11.4 Å². The van der Waals surface area contributed by atoms with Gasteiger partial charge >= 0.3 is 0 Å². The van der Waals surface area contributed by atoms with Crippen molar-refractivity contribution in [1.29, 1.82) is 0 Å². The maximum Gasteiger partial charge on any atom is 0.271 e. The highest BCUT2D eigenvalue weighted by molar-refractivity contribution is 9.09. The van der Waals surface area contributed by atoms with Crippen LogP contribution in [0.2, 0.25) is 0 Å². The zero-order valence-corrected chi connectivity index (χ0v) is 11.5. The second kappa shape index (κ2) is 5.07. The molecular formula is C10H15BrN2OS. The van der Waals surface area contributed by atoms with Gasteiger partial charge in [-0.3, -0.25) is 4.79 Å². The van der Waals surface area contributed by atoms with Gasteiger partial charge in [-0.15, -0.1) is 11.3 Å². The third-order valence-electron chi connectivity index (χ3n) is 2.02. The van der Waals surface area contributed by atoms with E-state index in [9.17, 15) is 4.79 Å². The standard InChI is InChI=1S/C10H15BrN2OS/c1-7-12-8(6-15-7)9(14)13-10(2,3)4-5-11/h6H,4-5H2,1-3H3,(H,13,14). The number of alkyl halides is 1. The molecule has 3 nitrogen and oxygen atoms in total. The van der Waals surface area contributed by atoms with E-state index in [2.05, 4.69) is 26.2 Å². The lowest BCUT2D eigenvalue weighted by Crippen LogP contribution is -2.43. The lowest BCUT2D eigenvalue weighted by molar-refractivity contribution is 0.0907. The number of amides is 1. The fraction of sp³-hybridized carbons (Fsp3) is 0.600. The summed E-state index contributed by atoms with van der Waals surface area (Å²) in [5.74, 6) is -0.0923. The van der Waals surface area contributed by atoms with E-state index in [1.165, 1.54) is 11.3 Å². The Balaban J connectivity index is 2.63. The number of halogens is 1. The average molecular weight is 291 g/mol. The third kappa shape index (κ3) is 3.91. The fourth-order valence-corrected chi connectivity index (χ4v) is 2.72. The number of nitrogens with zero attached hydrogens (tertiary/aromatic N) is 1. The molecule has 1 rings (SSSR count). The average Bonchev–Trinajstić information content (AvgIpc) is 2.50. The van der Waals surface area contributed by atoms with Crippen LogP contribution in [0.4, 0.5) is 0 Å². The van der Waals surface area contributed by atoms with Crippen molar-refractivity contribution in [2.75, 3.05) is 5.33 Å². The SMILES string of the molecule is Cc1nc(C(=O)NC(C)(C)CCBr)cs1. The summed E-state index contributed by atoms with van der Waals surface area (Å²) in [6.45, 7) is 5.90. The van der Waals surface area contributed by atoms with E-state index < -0.39 is 0 Å². The molecule has 1 aromatic rings. The van der Waals surface area contributed by atoms with Crippen molar-refractivity contribution >= 4 is 33.2 Å². The summed E-state index contributed by atoms with van der Waals surface area (Å²) >= 11 is 4.86. The number of aromatic nitrogens is 1. The summed E-state index contributed by atoms with van der Waals surface area (Å²) in [6, 6.07) is 0. The second-order valence-electron chi connectivity index (χ2n) is 4.03. The Labute approximate surface area is 102 Å². The molecule has 0 radical (unpaired) electrons. The van der Waals surface area contributed by atoms with Gasteiger partial charge in [-0.25, -0.2) is 4.98 Å². The van der Waals surface area contributed by atoms with Gasteiger partial charge in [0.15, 0.2) is 0 Å². The molecule has 1 aromatic heterocycles. The highest BCUT2D eigenvalue weighted by atomic mass is 79.9. The molecule has 0 atom stereocenters. The number of carbonyl (C=O) groups excluding carboxylic acids is 1. The van der Waals surface area contributed by atoms with Crippen LogP contribution < -0.4 is 5.32 Å². The lowest BCUT2D eigenvalue weighted by Gasteiger charge is -2.24. The molecule has 0 saturated heterocycles. The van der Waals surface area contributed by atoms with Crippen molar-refractivity contribution in [2.45, 2.75) is 32.7 Å². The van der Waals surface area contributed by atoms with E-state index in [4.69, 9.17) is 0 Å². The third-order valence-corrected chi connectivity index (χ3v) is 3.19. The first-order valence-corrected chi connectivity index (χ1v) is 6.75. The Morgan fingerprint density at radius 3 is 2.80 bits per heavy atom. The molecule has 1 heterocycles. The summed E-state index contributed by atoms with van der Waals surface area (Å²) in [5.41, 5.74) is 0.318. The smallest absolute Gasteiger partial charge is 0.271 e. The Kier molecular flexibility index (Phi) is 4.28. The molecule has 84 valence electrons. The zero-order valence-electron chi connectivity index (χ0n) is 9.13. The molecule has 1 amide bonds. The van der Waals surface area contributed by atoms with Crippen molar-refractivity contribution in [3.63, 3.8) is 0 Å². The van der Waals surface area contributed by atoms with Gasteiger partial charge in [0, 0.05) is 16.2 Å². The van der Waals surface area contributed by atoms with Gasteiger partial charge in [0.2, 0.25) is 0 Å². The molecule has 0 saturated carbocycles. The molecule has 15 heavy (non-hydrogen) atoms. The van der Waals surface area contributed by atoms with Crippen LogP contribution in [0.1, 0.15) is 35.8 Å². The van der Waals surface area contributed by atoms with Gasteiger partial charge < -0.3 is 5.32 Å². The number of thiazole rings is 1. The largest absolute Gasteiger partial charge is 0.346 e. The first-order chi connectivity index (χ1) is 6.94. The van der Waals surface area contributed by atoms with Crippen molar-refractivity contribution in [2.24, 2.45) is 0 Å². The van der Waals surface area contributed by atoms with Crippen LogP contribution in [0.15, 0.2) is 5.38 Å². The van der Waals surface area contributed by atoms with E-state index in [0.717, 1.165) is 16.8 Å². The lowest BCUT2D eigenvalue weighted by atomic mass is 10.0. The van der Waals surface area contributed by atoms with Crippen molar-refractivity contribution in [3.8, 4) is 0 Å². The normalized spacial score (nSPS) is 11.5. The summed E-state index contributed by atoms with van der Waals surface area (Å²) in [7, 11) is 0. The van der Waals surface area contributed by atoms with Crippen molar-refractivity contribution in [3.05, 3.63) is 16.1 Å². The molecular weight excluding hydrogens is 276 g/mol. The number of rotatable bonds is 4. The van der Waals surface area contributed by atoms with E-state index >= 15 is 0 Å². The van der Waals surface area contributed by atoms with Crippen LogP contribution in [-0.4, -0.2) is 21.8 Å². The topological polar surface area (TPSA) is 42.0 Å². The molecule has 0 spiro atoms. The van der Waals surface area contributed by atoms with Crippen LogP contribution in [0.3, 0.4) is 0 Å². The predicted octanol–water partition coefficient (Wildman–Crippen LogP) is 2.74. The van der Waals surface area contributed by atoms with Crippen molar-refractivity contribution < 1.29 is 4.79 Å². The Morgan fingerprint density at radius 1 is 1.67 bits per heavy atom. The Bertz CT molecular complexity index is 349. The zero-order chi connectivity index (χ0) is 11.5. The van der Waals surface area contributed by atoms with Crippen LogP contribution in [0.5, 0.6) is 0 Å². The minimum absolute atomic E-state index is 0.0923. The van der Waals surface area contributed by atoms with Crippen LogP contribution >= 0.6 is 27.3 Å². The first kappa shape index (κ1) is 12.6. The van der Waals surface area contributed by atoms with Crippen molar-refractivity contribution in [1.82, 2.24) is 10.3 Å². The van der Waals surface area contributed by atoms with Gasteiger partial charge in [0.1, 0.15) is 5.69 Å². The molecule has 0 unspecified atom stereocenters. The number of nitrogens with one attached hydrogen (secondary N) is 1. The molecule has 5 heteroatoms. The van der Waals surface area contributed by atoms with E-state index in [1.54, 1.807) is 5.38 Å².